The highest BCUT2D eigenvalue weighted by atomic mass is 32.1. The van der Waals surface area contributed by atoms with Crippen LogP contribution in [0.3, 0.4) is 0 Å². The number of likely N-dealkylation sites (tertiary alicyclic amines) is 1. The average molecular weight is 345 g/mol. The van der Waals surface area contributed by atoms with E-state index >= 15 is 0 Å². The monoisotopic (exact) mass is 345 g/mol. The SMILES string of the molecule is Cn1cc(C(=O)N2C[C@@H]3CCC[C@@]3(C(=O)O)C2)c(-c2cccs2)n1. The van der Waals surface area contributed by atoms with Gasteiger partial charge in [0, 0.05) is 26.3 Å². The Morgan fingerprint density at radius 1 is 1.46 bits per heavy atom. The van der Waals surface area contributed by atoms with E-state index in [1.807, 2.05) is 17.5 Å². The molecule has 2 aromatic rings. The summed E-state index contributed by atoms with van der Waals surface area (Å²) in [5.74, 6) is -0.799. The topological polar surface area (TPSA) is 75.4 Å². The van der Waals surface area contributed by atoms with Crippen LogP contribution in [-0.4, -0.2) is 44.8 Å². The van der Waals surface area contributed by atoms with Gasteiger partial charge in [-0.25, -0.2) is 0 Å². The normalized spacial score (nSPS) is 25.9. The highest BCUT2D eigenvalue weighted by molar-refractivity contribution is 7.13. The molecule has 2 aromatic heterocycles. The smallest absolute Gasteiger partial charge is 0.311 e. The molecule has 0 radical (unpaired) electrons. The van der Waals surface area contributed by atoms with Gasteiger partial charge in [0.25, 0.3) is 5.91 Å². The highest BCUT2D eigenvalue weighted by Gasteiger charge is 2.56. The predicted octanol–water partition coefficient (Wildman–Crippen LogP) is 2.48. The van der Waals surface area contributed by atoms with Gasteiger partial charge in [-0.3, -0.25) is 14.3 Å². The molecule has 1 aliphatic carbocycles. The van der Waals surface area contributed by atoms with E-state index in [1.165, 1.54) is 0 Å². The number of carbonyl (C=O) groups excluding carboxylic acids is 1. The van der Waals surface area contributed by atoms with Gasteiger partial charge in [-0.1, -0.05) is 12.5 Å². The first-order chi connectivity index (χ1) is 11.5. The van der Waals surface area contributed by atoms with Crippen molar-refractivity contribution < 1.29 is 14.7 Å². The van der Waals surface area contributed by atoms with Gasteiger partial charge < -0.3 is 10.0 Å². The molecule has 1 saturated heterocycles. The van der Waals surface area contributed by atoms with Crippen LogP contribution in [-0.2, 0) is 11.8 Å². The second-order valence-corrected chi connectivity index (χ2v) is 7.73. The fraction of sp³-hybridized carbons (Fsp3) is 0.471. The lowest BCUT2D eigenvalue weighted by Gasteiger charge is -2.23. The van der Waals surface area contributed by atoms with Crippen molar-refractivity contribution in [2.75, 3.05) is 13.1 Å². The molecule has 1 amide bonds. The van der Waals surface area contributed by atoms with E-state index in [9.17, 15) is 14.7 Å². The largest absolute Gasteiger partial charge is 0.481 e. The summed E-state index contributed by atoms with van der Waals surface area (Å²) in [6.45, 7) is 0.842. The molecule has 2 aliphatic rings. The number of aliphatic carboxylic acids is 1. The molecule has 1 saturated carbocycles. The van der Waals surface area contributed by atoms with Gasteiger partial charge in [-0.15, -0.1) is 11.3 Å². The molecule has 126 valence electrons. The fourth-order valence-corrected chi connectivity index (χ4v) is 4.93. The molecule has 7 heteroatoms. The van der Waals surface area contributed by atoms with E-state index in [1.54, 1.807) is 34.2 Å². The zero-order chi connectivity index (χ0) is 16.9. The molecule has 0 unspecified atom stereocenters. The minimum Gasteiger partial charge on any atom is -0.481 e. The Bertz CT molecular complexity index is 798. The van der Waals surface area contributed by atoms with Crippen LogP contribution in [0.2, 0.25) is 0 Å². The van der Waals surface area contributed by atoms with Crippen molar-refractivity contribution in [1.29, 1.82) is 0 Å². The number of rotatable bonds is 3. The van der Waals surface area contributed by atoms with Crippen molar-refractivity contribution >= 4 is 23.2 Å². The third kappa shape index (κ3) is 2.18. The molecule has 6 nitrogen and oxygen atoms in total. The maximum Gasteiger partial charge on any atom is 0.311 e. The van der Waals surface area contributed by atoms with Crippen molar-refractivity contribution in [2.45, 2.75) is 19.3 Å². The van der Waals surface area contributed by atoms with E-state index in [-0.39, 0.29) is 11.8 Å². The lowest BCUT2D eigenvalue weighted by Crippen LogP contribution is -2.37. The first-order valence-corrected chi connectivity index (χ1v) is 8.99. The summed E-state index contributed by atoms with van der Waals surface area (Å²) in [4.78, 5) is 27.5. The van der Waals surface area contributed by atoms with Crippen molar-refractivity contribution in [1.82, 2.24) is 14.7 Å². The van der Waals surface area contributed by atoms with Gasteiger partial charge in [0.05, 0.1) is 15.9 Å². The summed E-state index contributed by atoms with van der Waals surface area (Å²) in [5.41, 5.74) is 0.487. The average Bonchev–Trinajstić information content (AvgIpc) is 3.28. The van der Waals surface area contributed by atoms with Crippen LogP contribution in [0.15, 0.2) is 23.7 Å². The number of carboxylic acid groups (broad SMARTS) is 1. The molecule has 0 bridgehead atoms. The third-order valence-corrected chi connectivity index (χ3v) is 6.27. The van der Waals surface area contributed by atoms with Crippen molar-refractivity contribution in [3.8, 4) is 10.6 Å². The van der Waals surface area contributed by atoms with Crippen LogP contribution in [0.5, 0.6) is 0 Å². The standard InChI is InChI=1S/C17H19N3O3S/c1-19-9-12(14(18-19)13-5-3-7-24-13)15(21)20-8-11-4-2-6-17(11,10-20)16(22)23/h3,5,7,9,11H,2,4,6,8,10H2,1H3,(H,22,23)/t11-,17+/m0/s1. The van der Waals surface area contributed by atoms with E-state index in [4.69, 9.17) is 0 Å². The minimum atomic E-state index is -0.759. The molecule has 0 spiro atoms. The van der Waals surface area contributed by atoms with Gasteiger partial charge in [0.2, 0.25) is 0 Å². The Balaban J connectivity index is 1.66. The second kappa shape index (κ2) is 5.44. The zero-order valence-corrected chi connectivity index (χ0v) is 14.3. The number of carbonyl (C=O) groups is 2. The number of aryl methyl sites for hydroxylation is 1. The molecule has 1 N–H and O–H groups in total. The quantitative estimate of drug-likeness (QED) is 0.927. The van der Waals surface area contributed by atoms with E-state index < -0.39 is 11.4 Å². The number of nitrogens with zero attached hydrogens (tertiary/aromatic N) is 3. The van der Waals surface area contributed by atoms with Gasteiger partial charge in [0.1, 0.15) is 5.69 Å². The summed E-state index contributed by atoms with van der Waals surface area (Å²) in [6, 6.07) is 3.88. The lowest BCUT2D eigenvalue weighted by molar-refractivity contribution is -0.149. The number of hydrogen-bond acceptors (Lipinski definition) is 4. The van der Waals surface area contributed by atoms with Gasteiger partial charge >= 0.3 is 5.97 Å². The zero-order valence-electron chi connectivity index (χ0n) is 13.4. The lowest BCUT2D eigenvalue weighted by atomic mass is 9.81. The van der Waals surface area contributed by atoms with Gasteiger partial charge in [-0.05, 0) is 30.2 Å². The fourth-order valence-electron chi connectivity index (χ4n) is 4.20. The Morgan fingerprint density at radius 3 is 2.96 bits per heavy atom. The Labute approximate surface area is 143 Å². The summed E-state index contributed by atoms with van der Waals surface area (Å²) >= 11 is 1.54. The van der Waals surface area contributed by atoms with E-state index in [0.717, 1.165) is 17.7 Å². The maximum absolute atomic E-state index is 13.1. The number of carboxylic acids is 1. The van der Waals surface area contributed by atoms with Crippen LogP contribution in [0.4, 0.5) is 0 Å². The highest BCUT2D eigenvalue weighted by Crippen LogP contribution is 2.49. The molecule has 0 aromatic carbocycles. The molecular formula is C17H19N3O3S. The number of amides is 1. The van der Waals surface area contributed by atoms with Crippen LogP contribution in [0.1, 0.15) is 29.6 Å². The molecule has 1 aliphatic heterocycles. The van der Waals surface area contributed by atoms with Crippen molar-refractivity contribution in [2.24, 2.45) is 18.4 Å². The van der Waals surface area contributed by atoms with Crippen LogP contribution < -0.4 is 0 Å². The number of aromatic nitrogens is 2. The van der Waals surface area contributed by atoms with Crippen LogP contribution >= 0.6 is 11.3 Å². The molecule has 2 fully saturated rings. The summed E-state index contributed by atoms with van der Waals surface area (Å²) in [6.07, 6.45) is 4.23. The Kier molecular flexibility index (Phi) is 3.49. The Hall–Kier alpha value is -2.15. The Morgan fingerprint density at radius 2 is 2.29 bits per heavy atom. The van der Waals surface area contributed by atoms with Crippen LogP contribution in [0, 0.1) is 11.3 Å². The van der Waals surface area contributed by atoms with Crippen LogP contribution in [0.25, 0.3) is 10.6 Å². The molecule has 24 heavy (non-hydrogen) atoms. The first-order valence-electron chi connectivity index (χ1n) is 8.11. The summed E-state index contributed by atoms with van der Waals surface area (Å²) in [5, 5.41) is 16.1. The van der Waals surface area contributed by atoms with E-state index in [2.05, 4.69) is 5.10 Å². The third-order valence-electron chi connectivity index (χ3n) is 5.40. The predicted molar refractivity (Wildman–Crippen MR) is 89.8 cm³/mol. The van der Waals surface area contributed by atoms with Crippen molar-refractivity contribution in [3.05, 3.63) is 29.3 Å². The molecule has 2 atom stereocenters. The first kappa shape index (κ1) is 15.4. The summed E-state index contributed by atoms with van der Waals surface area (Å²) in [7, 11) is 1.80. The number of thiophene rings is 1. The molecule has 3 heterocycles. The number of hydrogen-bond donors (Lipinski definition) is 1. The minimum absolute atomic E-state index is 0.0702. The molecular weight excluding hydrogens is 326 g/mol. The molecule has 4 rings (SSSR count). The second-order valence-electron chi connectivity index (χ2n) is 6.78. The van der Waals surface area contributed by atoms with E-state index in [0.29, 0.717) is 30.8 Å². The number of fused-ring (bicyclic) bond motifs is 1. The summed E-state index contributed by atoms with van der Waals surface area (Å²) < 4.78 is 1.64. The van der Waals surface area contributed by atoms with Gasteiger partial charge in [-0.2, -0.15) is 5.10 Å². The maximum atomic E-state index is 13.1. The van der Waals surface area contributed by atoms with Crippen molar-refractivity contribution in [3.63, 3.8) is 0 Å². The van der Waals surface area contributed by atoms with Gasteiger partial charge in [0.15, 0.2) is 0 Å².